The van der Waals surface area contributed by atoms with Crippen molar-refractivity contribution in [2.24, 2.45) is 0 Å². The number of rotatable bonds is 7. The average molecular weight is 396 g/mol. The maximum Gasteiger partial charge on any atom is 0.335 e. The highest BCUT2D eigenvalue weighted by Gasteiger charge is 2.12. The predicted octanol–water partition coefficient (Wildman–Crippen LogP) is 4.20. The van der Waals surface area contributed by atoms with Gasteiger partial charge in [0.15, 0.2) is 0 Å². The van der Waals surface area contributed by atoms with Gasteiger partial charge in [0, 0.05) is 17.9 Å². The zero-order valence-electron chi connectivity index (χ0n) is 16.7. The molecule has 1 amide bonds. The second-order valence-corrected chi connectivity index (χ2v) is 7.53. The molecule has 1 aliphatic rings. The number of nitrogens with one attached hydrogen (secondary N) is 2. The molecule has 0 saturated carbocycles. The number of amides is 1. The molecule has 0 spiro atoms. The van der Waals surface area contributed by atoms with E-state index in [0.29, 0.717) is 13.1 Å². The number of benzene rings is 2. The van der Waals surface area contributed by atoms with Crippen LogP contribution in [-0.4, -0.2) is 41.5 Å². The second kappa shape index (κ2) is 10.6. The van der Waals surface area contributed by atoms with Gasteiger partial charge in [0.25, 0.3) is 0 Å². The summed E-state index contributed by atoms with van der Waals surface area (Å²) in [5, 5.41) is 15.2. The Hall–Kier alpha value is -2.86. The van der Waals surface area contributed by atoms with Gasteiger partial charge in [0.2, 0.25) is 5.91 Å². The molecule has 1 saturated heterocycles. The van der Waals surface area contributed by atoms with Gasteiger partial charge < -0.3 is 15.7 Å². The van der Waals surface area contributed by atoms with Crippen molar-refractivity contribution in [2.75, 3.05) is 30.3 Å². The van der Waals surface area contributed by atoms with Crippen molar-refractivity contribution in [3.8, 4) is 0 Å². The third-order valence-corrected chi connectivity index (χ3v) is 5.18. The first kappa shape index (κ1) is 20.9. The molecule has 0 aliphatic carbocycles. The van der Waals surface area contributed by atoms with E-state index in [4.69, 9.17) is 5.11 Å². The minimum absolute atomic E-state index is 0.0322. The number of hydrogen-bond acceptors (Lipinski definition) is 4. The molecule has 6 nitrogen and oxygen atoms in total. The molecule has 0 atom stereocenters. The van der Waals surface area contributed by atoms with Gasteiger partial charge >= 0.3 is 5.97 Å². The lowest BCUT2D eigenvalue weighted by Crippen LogP contribution is -2.35. The lowest BCUT2D eigenvalue weighted by molar-refractivity contribution is -0.117. The summed E-state index contributed by atoms with van der Waals surface area (Å²) in [5.74, 6) is -0.890. The minimum Gasteiger partial charge on any atom is -0.478 e. The Kier molecular flexibility index (Phi) is 7.64. The molecule has 3 rings (SSSR count). The van der Waals surface area contributed by atoms with E-state index in [1.807, 2.05) is 24.3 Å². The number of aromatic carboxylic acids is 1. The first-order chi connectivity index (χ1) is 14.1. The number of anilines is 2. The summed E-state index contributed by atoms with van der Waals surface area (Å²) in [7, 11) is 0. The van der Waals surface area contributed by atoms with E-state index >= 15 is 0 Å². The summed E-state index contributed by atoms with van der Waals surface area (Å²) in [4.78, 5) is 25.5. The molecule has 3 N–H and O–H groups in total. The lowest BCUT2D eigenvalue weighted by atomic mass is 10.1. The van der Waals surface area contributed by atoms with E-state index < -0.39 is 5.97 Å². The second-order valence-electron chi connectivity index (χ2n) is 7.53. The van der Waals surface area contributed by atoms with Gasteiger partial charge in [-0.1, -0.05) is 31.4 Å². The van der Waals surface area contributed by atoms with Crippen molar-refractivity contribution in [3.63, 3.8) is 0 Å². The molecule has 1 aliphatic heterocycles. The fourth-order valence-corrected chi connectivity index (χ4v) is 3.52. The third kappa shape index (κ3) is 6.91. The van der Waals surface area contributed by atoms with Gasteiger partial charge in [-0.2, -0.15) is 0 Å². The Labute approximate surface area is 171 Å². The summed E-state index contributed by atoms with van der Waals surface area (Å²) in [6.45, 7) is 3.06. The van der Waals surface area contributed by atoms with Crippen molar-refractivity contribution in [3.05, 3.63) is 59.7 Å². The smallest absolute Gasteiger partial charge is 0.335 e. The van der Waals surface area contributed by atoms with Gasteiger partial charge in [-0.15, -0.1) is 0 Å². The molecule has 0 radical (unpaired) electrons. The zero-order valence-corrected chi connectivity index (χ0v) is 16.7. The van der Waals surface area contributed by atoms with Crippen LogP contribution in [0, 0.1) is 0 Å². The molecule has 29 heavy (non-hydrogen) atoms. The molecule has 154 valence electrons. The molecular formula is C23H29N3O3. The number of carbonyl (C=O) groups excluding carboxylic acids is 1. The van der Waals surface area contributed by atoms with Crippen molar-refractivity contribution in [1.82, 2.24) is 4.90 Å². The van der Waals surface area contributed by atoms with Crippen LogP contribution >= 0.6 is 0 Å². The van der Waals surface area contributed by atoms with Crippen LogP contribution < -0.4 is 10.6 Å². The summed E-state index contributed by atoms with van der Waals surface area (Å²) in [5.41, 5.74) is 3.01. The molecule has 6 heteroatoms. The highest BCUT2D eigenvalue weighted by molar-refractivity contribution is 5.92. The standard InChI is InChI=1S/C23H29N3O3/c27-22(17-26-14-4-2-1-3-5-15-26)25-21-12-10-20(11-13-21)24-16-18-6-8-19(9-7-18)23(28)29/h6-13,24H,1-5,14-17H2,(H,25,27)(H,28,29). The summed E-state index contributed by atoms with van der Waals surface area (Å²) in [6.07, 6.45) is 6.18. The molecule has 2 aromatic carbocycles. The fourth-order valence-electron chi connectivity index (χ4n) is 3.52. The van der Waals surface area contributed by atoms with Crippen LogP contribution in [0.15, 0.2) is 48.5 Å². The Morgan fingerprint density at radius 3 is 2.03 bits per heavy atom. The summed E-state index contributed by atoms with van der Waals surface area (Å²) in [6, 6.07) is 14.4. The quantitative estimate of drug-likeness (QED) is 0.655. The number of carbonyl (C=O) groups is 2. The Morgan fingerprint density at radius 2 is 1.41 bits per heavy atom. The molecule has 0 aromatic heterocycles. The van der Waals surface area contributed by atoms with Gasteiger partial charge in [0.05, 0.1) is 12.1 Å². The van der Waals surface area contributed by atoms with Crippen molar-refractivity contribution >= 4 is 23.3 Å². The summed E-state index contributed by atoms with van der Waals surface area (Å²) < 4.78 is 0. The average Bonchev–Trinajstić information content (AvgIpc) is 2.70. The maximum absolute atomic E-state index is 12.3. The van der Waals surface area contributed by atoms with Crippen LogP contribution in [0.5, 0.6) is 0 Å². The van der Waals surface area contributed by atoms with Crippen molar-refractivity contribution in [2.45, 2.75) is 38.6 Å². The summed E-state index contributed by atoms with van der Waals surface area (Å²) >= 11 is 0. The highest BCUT2D eigenvalue weighted by atomic mass is 16.4. The molecule has 1 fully saturated rings. The first-order valence-electron chi connectivity index (χ1n) is 10.3. The Bertz CT molecular complexity index is 795. The van der Waals surface area contributed by atoms with E-state index in [2.05, 4.69) is 15.5 Å². The number of carboxylic acid groups (broad SMARTS) is 1. The highest BCUT2D eigenvalue weighted by Crippen LogP contribution is 2.16. The first-order valence-corrected chi connectivity index (χ1v) is 10.3. The molecular weight excluding hydrogens is 366 g/mol. The zero-order chi connectivity index (χ0) is 20.5. The SMILES string of the molecule is O=C(CN1CCCCCCC1)Nc1ccc(NCc2ccc(C(=O)O)cc2)cc1. The molecule has 0 unspecified atom stereocenters. The van der Waals surface area contributed by atoms with E-state index in [-0.39, 0.29) is 11.5 Å². The van der Waals surface area contributed by atoms with Gasteiger partial charge in [0.1, 0.15) is 0 Å². The van der Waals surface area contributed by atoms with Crippen LogP contribution in [0.2, 0.25) is 0 Å². The van der Waals surface area contributed by atoms with Crippen LogP contribution in [0.4, 0.5) is 11.4 Å². The normalized spacial score (nSPS) is 15.2. The maximum atomic E-state index is 12.3. The number of likely N-dealkylation sites (tertiary alicyclic amines) is 1. The van der Waals surface area contributed by atoms with Gasteiger partial charge in [-0.3, -0.25) is 9.69 Å². The van der Waals surface area contributed by atoms with Crippen LogP contribution in [0.1, 0.15) is 48.0 Å². The number of carboxylic acids is 1. The van der Waals surface area contributed by atoms with Crippen LogP contribution in [-0.2, 0) is 11.3 Å². The number of nitrogens with zero attached hydrogens (tertiary/aromatic N) is 1. The fraction of sp³-hybridized carbons (Fsp3) is 0.391. The lowest BCUT2D eigenvalue weighted by Gasteiger charge is -2.23. The Balaban J connectivity index is 1.45. The van der Waals surface area contributed by atoms with E-state index in [0.717, 1.165) is 30.0 Å². The largest absolute Gasteiger partial charge is 0.478 e. The van der Waals surface area contributed by atoms with Crippen LogP contribution in [0.25, 0.3) is 0 Å². The van der Waals surface area contributed by atoms with E-state index in [1.165, 1.54) is 32.1 Å². The Morgan fingerprint density at radius 1 is 0.828 bits per heavy atom. The number of hydrogen-bond donors (Lipinski definition) is 3. The van der Waals surface area contributed by atoms with E-state index in [1.54, 1.807) is 24.3 Å². The van der Waals surface area contributed by atoms with Crippen LogP contribution in [0.3, 0.4) is 0 Å². The molecule has 2 aromatic rings. The molecule has 1 heterocycles. The monoisotopic (exact) mass is 395 g/mol. The van der Waals surface area contributed by atoms with Crippen molar-refractivity contribution in [1.29, 1.82) is 0 Å². The van der Waals surface area contributed by atoms with Gasteiger partial charge in [-0.25, -0.2) is 4.79 Å². The van der Waals surface area contributed by atoms with Crippen molar-refractivity contribution < 1.29 is 14.7 Å². The minimum atomic E-state index is -0.923. The van der Waals surface area contributed by atoms with E-state index in [9.17, 15) is 9.59 Å². The third-order valence-electron chi connectivity index (χ3n) is 5.18. The molecule has 0 bridgehead atoms. The van der Waals surface area contributed by atoms with Gasteiger partial charge in [-0.05, 0) is 67.9 Å². The topological polar surface area (TPSA) is 81.7 Å². The predicted molar refractivity (Wildman–Crippen MR) is 115 cm³/mol.